The predicted molar refractivity (Wildman–Crippen MR) is 78.5 cm³/mol. The highest BCUT2D eigenvalue weighted by Gasteiger charge is 2.19. The topological polar surface area (TPSA) is 133 Å². The monoisotopic (exact) mass is 300 g/mol. The van der Waals surface area contributed by atoms with Crippen LogP contribution < -0.4 is 21.5 Å². The molecule has 0 atom stereocenters. The molecule has 0 fully saturated rings. The van der Waals surface area contributed by atoms with Gasteiger partial charge in [0.1, 0.15) is 4.90 Å². The maximum atomic E-state index is 11.5. The van der Waals surface area contributed by atoms with Crippen molar-refractivity contribution in [2.75, 3.05) is 23.7 Å². The Kier molecular flexibility index (Phi) is 4.96. The van der Waals surface area contributed by atoms with Gasteiger partial charge in [0.05, 0.1) is 17.9 Å². The van der Waals surface area contributed by atoms with Gasteiger partial charge in [-0.25, -0.2) is 13.6 Å². The van der Waals surface area contributed by atoms with Gasteiger partial charge in [0.2, 0.25) is 15.9 Å². The highest BCUT2D eigenvalue weighted by molar-refractivity contribution is 7.89. The van der Waals surface area contributed by atoms with E-state index >= 15 is 0 Å². The molecule has 0 bridgehead atoms. The zero-order chi connectivity index (χ0) is 15.5. The number of amides is 1. The van der Waals surface area contributed by atoms with Crippen molar-refractivity contribution in [1.82, 2.24) is 0 Å². The lowest BCUT2D eigenvalue weighted by Crippen LogP contribution is -2.37. The molecule has 6 N–H and O–H groups in total. The van der Waals surface area contributed by atoms with E-state index in [2.05, 4.69) is 0 Å². The fourth-order valence-electron chi connectivity index (χ4n) is 1.93. The molecule has 1 rings (SSSR count). The molecule has 8 heteroatoms. The largest absolute Gasteiger partial charge is 0.396 e. The number of hydrogen-bond donors (Lipinski definition) is 3. The van der Waals surface area contributed by atoms with Crippen molar-refractivity contribution in [1.29, 1.82) is 0 Å². The predicted octanol–water partition coefficient (Wildman–Crippen LogP) is -0.136. The van der Waals surface area contributed by atoms with Crippen molar-refractivity contribution in [3.05, 3.63) is 18.2 Å². The van der Waals surface area contributed by atoms with E-state index in [9.17, 15) is 13.2 Å². The third kappa shape index (κ3) is 4.10. The summed E-state index contributed by atoms with van der Waals surface area (Å²) in [6.07, 6.45) is 0. The molecule has 0 saturated carbocycles. The van der Waals surface area contributed by atoms with E-state index < -0.39 is 15.9 Å². The van der Waals surface area contributed by atoms with E-state index in [0.29, 0.717) is 12.2 Å². The van der Waals surface area contributed by atoms with Crippen LogP contribution in [0.25, 0.3) is 0 Å². The molecule has 20 heavy (non-hydrogen) atoms. The van der Waals surface area contributed by atoms with Gasteiger partial charge in [0.15, 0.2) is 0 Å². The number of anilines is 2. The van der Waals surface area contributed by atoms with Crippen molar-refractivity contribution < 1.29 is 13.2 Å². The summed E-state index contributed by atoms with van der Waals surface area (Å²) in [5.41, 5.74) is 11.5. The van der Waals surface area contributed by atoms with Crippen LogP contribution in [-0.2, 0) is 14.8 Å². The fraction of sp³-hybridized carbons (Fsp3) is 0.417. The molecule has 0 unspecified atom stereocenters. The average Bonchev–Trinajstić information content (AvgIpc) is 2.25. The summed E-state index contributed by atoms with van der Waals surface area (Å²) >= 11 is 0. The lowest BCUT2D eigenvalue weighted by Gasteiger charge is -2.27. The smallest absolute Gasteiger partial charge is 0.240 e. The number of benzene rings is 1. The number of para-hydroxylation sites is 1. The minimum atomic E-state index is -3.91. The van der Waals surface area contributed by atoms with Gasteiger partial charge in [0.25, 0.3) is 0 Å². The average molecular weight is 300 g/mol. The molecule has 0 saturated heterocycles. The van der Waals surface area contributed by atoms with Gasteiger partial charge in [-0.3, -0.25) is 4.79 Å². The van der Waals surface area contributed by atoms with Crippen LogP contribution in [-0.4, -0.2) is 27.4 Å². The van der Waals surface area contributed by atoms with Gasteiger partial charge in [-0.15, -0.1) is 0 Å². The van der Waals surface area contributed by atoms with Crippen LogP contribution in [0.3, 0.4) is 0 Å². The Labute approximate surface area is 118 Å². The molecular formula is C12H20N4O3S. The number of carbonyl (C=O) groups excluding carboxylic acids is 1. The molecular weight excluding hydrogens is 280 g/mol. The number of primary sulfonamides is 1. The van der Waals surface area contributed by atoms with Crippen LogP contribution in [0.15, 0.2) is 23.1 Å². The summed E-state index contributed by atoms with van der Waals surface area (Å²) < 4.78 is 22.9. The SMILES string of the molecule is CC(C)CN(CC(N)=O)c1cccc(S(N)(=O)=O)c1N. The van der Waals surface area contributed by atoms with Crippen molar-refractivity contribution in [3.8, 4) is 0 Å². The summed E-state index contributed by atoms with van der Waals surface area (Å²) in [5, 5.41) is 5.11. The molecule has 0 heterocycles. The van der Waals surface area contributed by atoms with Crippen molar-refractivity contribution in [2.45, 2.75) is 18.7 Å². The van der Waals surface area contributed by atoms with Crippen molar-refractivity contribution in [2.24, 2.45) is 16.8 Å². The standard InChI is InChI=1S/C12H20N4O3S/c1-8(2)6-16(7-11(13)17)9-4-3-5-10(12(9)14)20(15,18)19/h3-5,8H,6-7,14H2,1-2H3,(H2,13,17)(H2,15,18,19). The number of sulfonamides is 1. The Hall–Kier alpha value is -1.80. The molecule has 0 aliphatic carbocycles. The number of rotatable bonds is 6. The first kappa shape index (κ1) is 16.3. The number of carbonyl (C=O) groups is 1. The first-order valence-electron chi connectivity index (χ1n) is 6.07. The second kappa shape index (κ2) is 6.10. The molecule has 1 aromatic carbocycles. The van der Waals surface area contributed by atoms with Gasteiger partial charge in [-0.1, -0.05) is 19.9 Å². The Balaban J connectivity index is 3.30. The third-order valence-electron chi connectivity index (χ3n) is 2.62. The number of nitrogen functional groups attached to an aromatic ring is 1. The zero-order valence-electron chi connectivity index (χ0n) is 11.5. The molecule has 0 radical (unpaired) electrons. The van der Waals surface area contributed by atoms with E-state index in [1.807, 2.05) is 13.8 Å². The van der Waals surface area contributed by atoms with Crippen LogP contribution in [0.1, 0.15) is 13.8 Å². The molecule has 0 aliphatic rings. The van der Waals surface area contributed by atoms with Gasteiger partial charge in [0, 0.05) is 6.54 Å². The van der Waals surface area contributed by atoms with Crippen LogP contribution in [0.2, 0.25) is 0 Å². The quantitative estimate of drug-likeness (QED) is 0.629. The summed E-state index contributed by atoms with van der Waals surface area (Å²) in [7, 11) is -3.91. The number of hydrogen-bond acceptors (Lipinski definition) is 5. The lowest BCUT2D eigenvalue weighted by atomic mass is 10.1. The van der Waals surface area contributed by atoms with E-state index in [-0.39, 0.29) is 23.0 Å². The normalized spacial score (nSPS) is 11.6. The summed E-state index contributed by atoms with van der Waals surface area (Å²) in [6, 6.07) is 4.49. The van der Waals surface area contributed by atoms with Crippen LogP contribution >= 0.6 is 0 Å². The molecule has 0 aliphatic heterocycles. The van der Waals surface area contributed by atoms with E-state index in [1.54, 1.807) is 11.0 Å². The van der Waals surface area contributed by atoms with Crippen molar-refractivity contribution in [3.63, 3.8) is 0 Å². The summed E-state index contributed by atoms with van der Waals surface area (Å²) in [6.45, 7) is 4.40. The second-order valence-electron chi connectivity index (χ2n) is 4.97. The molecule has 112 valence electrons. The van der Waals surface area contributed by atoms with Gasteiger partial charge in [-0.2, -0.15) is 0 Å². The molecule has 0 aromatic heterocycles. The van der Waals surface area contributed by atoms with Crippen LogP contribution in [0.4, 0.5) is 11.4 Å². The third-order valence-corrected chi connectivity index (χ3v) is 3.59. The highest BCUT2D eigenvalue weighted by Crippen LogP contribution is 2.29. The van der Waals surface area contributed by atoms with E-state index in [1.165, 1.54) is 12.1 Å². The first-order chi connectivity index (χ1) is 9.12. The highest BCUT2D eigenvalue weighted by atomic mass is 32.2. The molecule has 7 nitrogen and oxygen atoms in total. The molecule has 1 aromatic rings. The lowest BCUT2D eigenvalue weighted by molar-refractivity contribution is -0.116. The van der Waals surface area contributed by atoms with Gasteiger partial charge >= 0.3 is 0 Å². The maximum Gasteiger partial charge on any atom is 0.240 e. The Morgan fingerprint density at radius 1 is 1.35 bits per heavy atom. The van der Waals surface area contributed by atoms with Crippen molar-refractivity contribution >= 4 is 27.3 Å². The Morgan fingerprint density at radius 3 is 2.40 bits per heavy atom. The molecule has 1 amide bonds. The van der Waals surface area contributed by atoms with Gasteiger partial charge < -0.3 is 16.4 Å². The number of primary amides is 1. The maximum absolute atomic E-state index is 11.5. The Bertz CT molecular complexity index is 599. The minimum Gasteiger partial charge on any atom is -0.396 e. The second-order valence-corrected chi connectivity index (χ2v) is 6.50. The Morgan fingerprint density at radius 2 is 1.95 bits per heavy atom. The van der Waals surface area contributed by atoms with Crippen LogP contribution in [0.5, 0.6) is 0 Å². The van der Waals surface area contributed by atoms with E-state index in [0.717, 1.165) is 0 Å². The van der Waals surface area contributed by atoms with Gasteiger partial charge in [-0.05, 0) is 18.1 Å². The molecule has 0 spiro atoms. The van der Waals surface area contributed by atoms with Crippen LogP contribution in [0, 0.1) is 5.92 Å². The number of nitrogens with zero attached hydrogens (tertiary/aromatic N) is 1. The zero-order valence-corrected chi connectivity index (χ0v) is 12.4. The summed E-state index contributed by atoms with van der Waals surface area (Å²) in [5.74, 6) is -0.280. The number of nitrogens with two attached hydrogens (primary N) is 3. The van der Waals surface area contributed by atoms with E-state index in [4.69, 9.17) is 16.6 Å². The fourth-order valence-corrected chi connectivity index (χ4v) is 2.61. The summed E-state index contributed by atoms with van der Waals surface area (Å²) in [4.78, 5) is 12.6. The minimum absolute atomic E-state index is 0.0249. The first-order valence-corrected chi connectivity index (χ1v) is 7.62.